The van der Waals surface area contributed by atoms with Gasteiger partial charge in [-0.15, -0.1) is 0 Å². The number of aromatic nitrogens is 1. The monoisotopic (exact) mass is 250 g/mol. The molecule has 18 heavy (non-hydrogen) atoms. The molecule has 1 aliphatic rings. The van der Waals surface area contributed by atoms with Crippen LogP contribution in [-0.4, -0.2) is 33.9 Å². The molecule has 1 aromatic rings. The van der Waals surface area contributed by atoms with E-state index in [2.05, 4.69) is 9.88 Å². The van der Waals surface area contributed by atoms with E-state index in [0.717, 1.165) is 49.3 Å². The van der Waals surface area contributed by atoms with Crippen LogP contribution < -0.4 is 4.90 Å². The topological polar surface area (TPSA) is 56.6 Å². The van der Waals surface area contributed by atoms with Crippen molar-refractivity contribution in [3.05, 3.63) is 23.5 Å². The van der Waals surface area contributed by atoms with Crippen LogP contribution in [0, 0.1) is 6.92 Å². The van der Waals surface area contributed by atoms with Gasteiger partial charge in [-0.2, -0.15) is 0 Å². The molecule has 0 bridgehead atoms. The van der Waals surface area contributed by atoms with E-state index in [-0.39, 0.29) is 6.61 Å². The summed E-state index contributed by atoms with van der Waals surface area (Å²) in [5.41, 5.74) is 2.32. The van der Waals surface area contributed by atoms with Gasteiger partial charge in [-0.3, -0.25) is 4.98 Å². The second kappa shape index (κ2) is 5.24. The Hall–Kier alpha value is -1.13. The minimum Gasteiger partial charge on any atom is -0.392 e. The maximum absolute atomic E-state index is 10.1. The van der Waals surface area contributed by atoms with Gasteiger partial charge in [0, 0.05) is 36.2 Å². The molecule has 1 aliphatic heterocycles. The van der Waals surface area contributed by atoms with Gasteiger partial charge < -0.3 is 15.1 Å². The molecule has 2 heterocycles. The Kier molecular flexibility index (Phi) is 3.88. The van der Waals surface area contributed by atoms with Crippen LogP contribution in [0.2, 0.25) is 0 Å². The van der Waals surface area contributed by atoms with Crippen LogP contribution in [0.25, 0.3) is 0 Å². The molecule has 2 N–H and O–H groups in total. The van der Waals surface area contributed by atoms with Crippen molar-refractivity contribution in [1.29, 1.82) is 0 Å². The number of pyridine rings is 1. The van der Waals surface area contributed by atoms with Crippen LogP contribution in [0.15, 0.2) is 12.3 Å². The van der Waals surface area contributed by atoms with Gasteiger partial charge in [0.25, 0.3) is 0 Å². The smallest absolute Gasteiger partial charge is 0.0717 e. The minimum absolute atomic E-state index is 0.00943. The van der Waals surface area contributed by atoms with Gasteiger partial charge in [0.05, 0.1) is 12.2 Å². The SMILES string of the molecule is Cc1cc(N2CCCC(C)(O)CC2)c(CO)cn1. The lowest BCUT2D eigenvalue weighted by Gasteiger charge is -2.26. The van der Waals surface area contributed by atoms with Crippen molar-refractivity contribution in [1.82, 2.24) is 4.98 Å². The number of rotatable bonds is 2. The number of aliphatic hydroxyl groups excluding tert-OH is 1. The molecule has 0 saturated carbocycles. The molecule has 4 nitrogen and oxygen atoms in total. The van der Waals surface area contributed by atoms with Gasteiger partial charge in [-0.1, -0.05) is 0 Å². The molecule has 1 unspecified atom stereocenters. The van der Waals surface area contributed by atoms with E-state index in [1.807, 2.05) is 19.9 Å². The molecule has 100 valence electrons. The van der Waals surface area contributed by atoms with Crippen molar-refractivity contribution in [2.24, 2.45) is 0 Å². The van der Waals surface area contributed by atoms with E-state index in [1.54, 1.807) is 6.20 Å². The fourth-order valence-electron chi connectivity index (χ4n) is 2.49. The number of hydrogen-bond donors (Lipinski definition) is 2. The zero-order valence-electron chi connectivity index (χ0n) is 11.2. The van der Waals surface area contributed by atoms with Crippen LogP contribution >= 0.6 is 0 Å². The number of aryl methyl sites for hydroxylation is 1. The molecule has 1 saturated heterocycles. The third-order valence-corrected chi connectivity index (χ3v) is 3.67. The van der Waals surface area contributed by atoms with E-state index in [0.29, 0.717) is 0 Å². The molecule has 1 fully saturated rings. The molecule has 0 radical (unpaired) electrons. The van der Waals surface area contributed by atoms with Crippen LogP contribution in [0.1, 0.15) is 37.4 Å². The summed E-state index contributed by atoms with van der Waals surface area (Å²) in [4.78, 5) is 6.47. The Bertz CT molecular complexity index is 418. The highest BCUT2D eigenvalue weighted by atomic mass is 16.3. The zero-order valence-corrected chi connectivity index (χ0v) is 11.2. The summed E-state index contributed by atoms with van der Waals surface area (Å²) >= 11 is 0. The normalized spacial score (nSPS) is 25.0. The fourth-order valence-corrected chi connectivity index (χ4v) is 2.49. The van der Waals surface area contributed by atoms with Crippen molar-refractivity contribution in [3.63, 3.8) is 0 Å². The predicted octanol–water partition coefficient (Wildman–Crippen LogP) is 1.62. The van der Waals surface area contributed by atoms with Crippen LogP contribution in [0.5, 0.6) is 0 Å². The zero-order chi connectivity index (χ0) is 13.2. The van der Waals surface area contributed by atoms with Gasteiger partial charge in [0.15, 0.2) is 0 Å². The molecule has 1 aromatic heterocycles. The van der Waals surface area contributed by atoms with Crippen LogP contribution in [0.4, 0.5) is 5.69 Å². The molecule has 0 aromatic carbocycles. The lowest BCUT2D eigenvalue weighted by molar-refractivity contribution is 0.0481. The Morgan fingerprint density at radius 2 is 2.17 bits per heavy atom. The molecule has 0 aliphatic carbocycles. The average Bonchev–Trinajstić information content (AvgIpc) is 2.50. The second-order valence-corrected chi connectivity index (χ2v) is 5.45. The van der Waals surface area contributed by atoms with Crippen molar-refractivity contribution in [2.75, 3.05) is 18.0 Å². The first kappa shape index (κ1) is 13.3. The molecular formula is C14H22N2O2. The Morgan fingerprint density at radius 1 is 1.39 bits per heavy atom. The third-order valence-electron chi connectivity index (χ3n) is 3.67. The third kappa shape index (κ3) is 3.00. The van der Waals surface area contributed by atoms with E-state index in [1.165, 1.54) is 0 Å². The standard InChI is InChI=1S/C14H22N2O2/c1-11-8-13(12(10-17)9-15-11)16-6-3-4-14(2,18)5-7-16/h8-9,17-18H,3-7,10H2,1-2H3. The largest absolute Gasteiger partial charge is 0.392 e. The van der Waals surface area contributed by atoms with Crippen molar-refractivity contribution < 1.29 is 10.2 Å². The highest BCUT2D eigenvalue weighted by Gasteiger charge is 2.25. The molecule has 0 amide bonds. The maximum Gasteiger partial charge on any atom is 0.0717 e. The highest BCUT2D eigenvalue weighted by molar-refractivity contribution is 5.53. The maximum atomic E-state index is 10.1. The van der Waals surface area contributed by atoms with Crippen molar-refractivity contribution >= 4 is 5.69 Å². The van der Waals surface area contributed by atoms with Crippen LogP contribution in [-0.2, 0) is 6.61 Å². The van der Waals surface area contributed by atoms with Gasteiger partial charge >= 0.3 is 0 Å². The predicted molar refractivity (Wildman–Crippen MR) is 71.6 cm³/mol. The average molecular weight is 250 g/mol. The fraction of sp³-hybridized carbons (Fsp3) is 0.643. The van der Waals surface area contributed by atoms with Gasteiger partial charge in [0.2, 0.25) is 0 Å². The summed E-state index contributed by atoms with van der Waals surface area (Å²) < 4.78 is 0. The summed E-state index contributed by atoms with van der Waals surface area (Å²) in [7, 11) is 0. The van der Waals surface area contributed by atoms with E-state index < -0.39 is 5.60 Å². The first-order valence-corrected chi connectivity index (χ1v) is 6.55. The van der Waals surface area contributed by atoms with E-state index in [4.69, 9.17) is 0 Å². The number of anilines is 1. The summed E-state index contributed by atoms with van der Waals surface area (Å²) in [5, 5.41) is 19.5. The minimum atomic E-state index is -0.559. The number of nitrogens with zero attached hydrogens (tertiary/aromatic N) is 2. The van der Waals surface area contributed by atoms with Crippen molar-refractivity contribution in [2.45, 2.75) is 45.3 Å². The second-order valence-electron chi connectivity index (χ2n) is 5.45. The van der Waals surface area contributed by atoms with Crippen molar-refractivity contribution in [3.8, 4) is 0 Å². The molecular weight excluding hydrogens is 228 g/mol. The molecule has 0 spiro atoms. The lowest BCUT2D eigenvalue weighted by Crippen LogP contribution is -2.29. The van der Waals surface area contributed by atoms with Gasteiger partial charge in [-0.05, 0) is 39.2 Å². The Labute approximate surface area is 108 Å². The summed E-state index contributed by atoms with van der Waals surface area (Å²) in [5.74, 6) is 0. The van der Waals surface area contributed by atoms with E-state index in [9.17, 15) is 10.2 Å². The highest BCUT2D eigenvalue weighted by Crippen LogP contribution is 2.27. The Morgan fingerprint density at radius 3 is 2.89 bits per heavy atom. The molecule has 4 heteroatoms. The first-order chi connectivity index (χ1) is 8.52. The van der Waals surface area contributed by atoms with Gasteiger partial charge in [-0.25, -0.2) is 0 Å². The Balaban J connectivity index is 2.23. The first-order valence-electron chi connectivity index (χ1n) is 6.55. The van der Waals surface area contributed by atoms with Gasteiger partial charge in [0.1, 0.15) is 0 Å². The molecule has 1 atom stereocenters. The molecule has 2 rings (SSSR count). The number of hydrogen-bond acceptors (Lipinski definition) is 4. The van der Waals surface area contributed by atoms with Crippen LogP contribution in [0.3, 0.4) is 0 Å². The quantitative estimate of drug-likeness (QED) is 0.837. The summed E-state index contributed by atoms with van der Waals surface area (Å²) in [6.07, 6.45) is 4.31. The summed E-state index contributed by atoms with van der Waals surface area (Å²) in [6.45, 7) is 5.62. The number of aliphatic hydroxyl groups is 2. The van der Waals surface area contributed by atoms with E-state index >= 15 is 0 Å². The lowest BCUT2D eigenvalue weighted by atomic mass is 9.98. The summed E-state index contributed by atoms with van der Waals surface area (Å²) in [6, 6.07) is 2.02.